The van der Waals surface area contributed by atoms with Gasteiger partial charge in [-0.05, 0) is 36.8 Å². The molecule has 0 fully saturated rings. The number of carbonyl (C=O) groups is 1. The number of halogens is 3. The Bertz CT molecular complexity index is 850. The Kier molecular flexibility index (Phi) is 6.13. The number of hydrogen-bond acceptors (Lipinski definition) is 4. The predicted octanol–water partition coefficient (Wildman–Crippen LogP) is 4.30. The van der Waals surface area contributed by atoms with Gasteiger partial charge >= 0.3 is 6.03 Å². The Labute approximate surface area is 165 Å². The zero-order valence-corrected chi connectivity index (χ0v) is 15.9. The van der Waals surface area contributed by atoms with Crippen molar-refractivity contribution in [3.63, 3.8) is 0 Å². The summed E-state index contributed by atoms with van der Waals surface area (Å²) in [7, 11) is 0. The van der Waals surface area contributed by atoms with Crippen LogP contribution in [-0.2, 0) is 0 Å². The molecule has 1 heterocycles. The van der Waals surface area contributed by atoms with Crippen molar-refractivity contribution >= 4 is 29.2 Å². The highest BCUT2D eigenvalue weighted by Crippen LogP contribution is 2.35. The standard InChI is InChI=1S/C18H17Cl2FN2O4/c1-10(12-7-15(21)14(20)8-13(12)19)23-18(24)22-4-5-25-11-2-3-16-17(6-11)27-9-26-16/h2-3,6-8,10H,4-5,9H2,1H3,(H2,22,23,24). The quantitative estimate of drug-likeness (QED) is 0.546. The molecule has 0 aliphatic carbocycles. The molecule has 1 aliphatic rings. The first kappa shape index (κ1) is 19.4. The van der Waals surface area contributed by atoms with Crippen molar-refractivity contribution < 1.29 is 23.4 Å². The van der Waals surface area contributed by atoms with Gasteiger partial charge in [-0.1, -0.05) is 23.2 Å². The lowest BCUT2D eigenvalue weighted by Gasteiger charge is -2.17. The molecule has 6 nitrogen and oxygen atoms in total. The normalized spacial score (nSPS) is 13.2. The molecule has 3 rings (SSSR count). The fraction of sp³-hybridized carbons (Fsp3) is 0.278. The molecule has 0 spiro atoms. The molecule has 0 saturated carbocycles. The molecule has 0 saturated heterocycles. The SMILES string of the molecule is CC(NC(=O)NCCOc1ccc2c(c1)OCO2)c1cc(F)c(Cl)cc1Cl. The maximum atomic E-state index is 13.6. The minimum Gasteiger partial charge on any atom is -0.492 e. The average molecular weight is 415 g/mol. The van der Waals surface area contributed by atoms with Crippen LogP contribution in [0, 0.1) is 5.82 Å². The summed E-state index contributed by atoms with van der Waals surface area (Å²) in [5, 5.41) is 5.55. The Morgan fingerprint density at radius 2 is 2.00 bits per heavy atom. The number of nitrogens with one attached hydrogen (secondary N) is 2. The van der Waals surface area contributed by atoms with Crippen molar-refractivity contribution in [2.24, 2.45) is 0 Å². The molecule has 2 N–H and O–H groups in total. The minimum absolute atomic E-state index is 0.0685. The maximum Gasteiger partial charge on any atom is 0.315 e. The lowest BCUT2D eigenvalue weighted by Crippen LogP contribution is -2.39. The molecular formula is C18H17Cl2FN2O4. The molecule has 2 amide bonds. The highest BCUT2D eigenvalue weighted by molar-refractivity contribution is 6.35. The summed E-state index contributed by atoms with van der Waals surface area (Å²) < 4.78 is 29.6. The van der Waals surface area contributed by atoms with E-state index in [2.05, 4.69) is 10.6 Å². The largest absolute Gasteiger partial charge is 0.492 e. The Morgan fingerprint density at radius 1 is 1.22 bits per heavy atom. The number of ether oxygens (including phenoxy) is 3. The van der Waals surface area contributed by atoms with E-state index in [9.17, 15) is 9.18 Å². The maximum absolute atomic E-state index is 13.6. The van der Waals surface area contributed by atoms with E-state index in [0.717, 1.165) is 0 Å². The van der Waals surface area contributed by atoms with Gasteiger partial charge in [0, 0.05) is 11.1 Å². The number of rotatable bonds is 6. The summed E-state index contributed by atoms with van der Waals surface area (Å²) >= 11 is 11.7. The van der Waals surface area contributed by atoms with E-state index in [1.165, 1.54) is 12.1 Å². The third kappa shape index (κ3) is 4.87. The first-order valence-corrected chi connectivity index (χ1v) is 8.91. The summed E-state index contributed by atoms with van der Waals surface area (Å²) in [4.78, 5) is 12.0. The van der Waals surface area contributed by atoms with Crippen LogP contribution in [0.2, 0.25) is 10.0 Å². The van der Waals surface area contributed by atoms with Gasteiger partial charge in [0.05, 0.1) is 17.6 Å². The van der Waals surface area contributed by atoms with Crippen LogP contribution in [0.25, 0.3) is 0 Å². The summed E-state index contributed by atoms with van der Waals surface area (Å²) in [6.07, 6.45) is 0. The van der Waals surface area contributed by atoms with Crippen LogP contribution >= 0.6 is 23.2 Å². The van der Waals surface area contributed by atoms with Crippen molar-refractivity contribution in [2.75, 3.05) is 19.9 Å². The Hall–Kier alpha value is -2.38. The van der Waals surface area contributed by atoms with Crippen LogP contribution in [0.4, 0.5) is 9.18 Å². The van der Waals surface area contributed by atoms with E-state index in [1.807, 2.05) is 0 Å². The fourth-order valence-electron chi connectivity index (χ4n) is 2.50. The molecule has 0 bridgehead atoms. The number of benzene rings is 2. The highest BCUT2D eigenvalue weighted by Gasteiger charge is 2.16. The van der Waals surface area contributed by atoms with Gasteiger partial charge in [-0.3, -0.25) is 0 Å². The first-order chi connectivity index (χ1) is 12.9. The van der Waals surface area contributed by atoms with Crippen molar-refractivity contribution in [1.82, 2.24) is 10.6 Å². The average Bonchev–Trinajstić information content (AvgIpc) is 3.09. The third-order valence-electron chi connectivity index (χ3n) is 3.85. The highest BCUT2D eigenvalue weighted by atomic mass is 35.5. The predicted molar refractivity (Wildman–Crippen MR) is 99.4 cm³/mol. The zero-order chi connectivity index (χ0) is 19.4. The smallest absolute Gasteiger partial charge is 0.315 e. The molecule has 9 heteroatoms. The second-order valence-electron chi connectivity index (χ2n) is 5.77. The fourth-order valence-corrected chi connectivity index (χ4v) is 3.04. The van der Waals surface area contributed by atoms with E-state index in [1.54, 1.807) is 25.1 Å². The number of fused-ring (bicyclic) bond motifs is 1. The van der Waals surface area contributed by atoms with Gasteiger partial charge < -0.3 is 24.8 Å². The Balaban J connectivity index is 1.44. The van der Waals surface area contributed by atoms with E-state index in [4.69, 9.17) is 37.4 Å². The van der Waals surface area contributed by atoms with Crippen LogP contribution in [0.15, 0.2) is 30.3 Å². The molecule has 1 atom stereocenters. The van der Waals surface area contributed by atoms with E-state index < -0.39 is 17.9 Å². The van der Waals surface area contributed by atoms with Gasteiger partial charge in [0.25, 0.3) is 0 Å². The van der Waals surface area contributed by atoms with Gasteiger partial charge in [0.1, 0.15) is 18.2 Å². The zero-order valence-electron chi connectivity index (χ0n) is 14.4. The number of urea groups is 1. The molecule has 2 aromatic carbocycles. The topological polar surface area (TPSA) is 68.8 Å². The van der Waals surface area contributed by atoms with E-state index in [-0.39, 0.29) is 30.0 Å². The van der Waals surface area contributed by atoms with Crippen molar-refractivity contribution in [2.45, 2.75) is 13.0 Å². The van der Waals surface area contributed by atoms with Gasteiger partial charge in [-0.25, -0.2) is 9.18 Å². The molecule has 1 unspecified atom stereocenters. The summed E-state index contributed by atoms with van der Waals surface area (Å²) in [5.74, 6) is 1.31. The first-order valence-electron chi connectivity index (χ1n) is 8.15. The lowest BCUT2D eigenvalue weighted by molar-refractivity contribution is 0.173. The van der Waals surface area contributed by atoms with Crippen LogP contribution < -0.4 is 24.8 Å². The molecule has 0 aromatic heterocycles. The Morgan fingerprint density at radius 3 is 2.81 bits per heavy atom. The van der Waals surface area contributed by atoms with Crippen molar-refractivity contribution in [3.05, 3.63) is 51.8 Å². The van der Waals surface area contributed by atoms with E-state index >= 15 is 0 Å². The molecular weight excluding hydrogens is 398 g/mol. The van der Waals surface area contributed by atoms with Gasteiger partial charge in [-0.2, -0.15) is 0 Å². The van der Waals surface area contributed by atoms with Crippen molar-refractivity contribution in [3.8, 4) is 17.2 Å². The minimum atomic E-state index is -0.595. The van der Waals surface area contributed by atoms with E-state index in [0.29, 0.717) is 22.8 Å². The van der Waals surface area contributed by atoms with Gasteiger partial charge in [0.2, 0.25) is 6.79 Å². The van der Waals surface area contributed by atoms with Crippen LogP contribution in [-0.4, -0.2) is 26.0 Å². The molecule has 27 heavy (non-hydrogen) atoms. The number of hydrogen-bond donors (Lipinski definition) is 2. The second kappa shape index (κ2) is 8.54. The second-order valence-corrected chi connectivity index (χ2v) is 6.59. The van der Waals surface area contributed by atoms with Gasteiger partial charge in [0.15, 0.2) is 11.5 Å². The molecule has 144 valence electrons. The summed E-state index contributed by atoms with van der Waals surface area (Å²) in [6.45, 7) is 2.42. The van der Waals surface area contributed by atoms with Gasteiger partial charge in [-0.15, -0.1) is 0 Å². The summed E-state index contributed by atoms with van der Waals surface area (Å²) in [5.41, 5.74) is 0.435. The third-order valence-corrected chi connectivity index (χ3v) is 4.47. The number of carbonyl (C=O) groups excluding carboxylic acids is 1. The molecule has 2 aromatic rings. The van der Waals surface area contributed by atoms with Crippen LogP contribution in [0.1, 0.15) is 18.5 Å². The number of amides is 2. The molecule has 1 aliphatic heterocycles. The van der Waals surface area contributed by atoms with Crippen molar-refractivity contribution in [1.29, 1.82) is 0 Å². The van der Waals surface area contributed by atoms with Crippen LogP contribution in [0.5, 0.6) is 17.2 Å². The van der Waals surface area contributed by atoms with Crippen LogP contribution in [0.3, 0.4) is 0 Å². The molecule has 0 radical (unpaired) electrons. The monoisotopic (exact) mass is 414 g/mol. The lowest BCUT2D eigenvalue weighted by atomic mass is 10.1. The summed E-state index contributed by atoms with van der Waals surface area (Å²) in [6, 6.07) is 6.83.